The van der Waals surface area contributed by atoms with E-state index < -0.39 is 0 Å². The van der Waals surface area contributed by atoms with Crippen molar-refractivity contribution in [2.45, 2.75) is 19.9 Å². The number of aryl methyl sites for hydroxylation is 2. The van der Waals surface area contributed by atoms with Gasteiger partial charge in [0.1, 0.15) is 5.52 Å². The SMILES string of the molecule is Cc1ccc(Cl)cc1N1CCN(CCNC(=O)CCn2c(=O)c3cccn3c3cccnc32)CC1. The Kier molecular flexibility index (Phi) is 6.74. The van der Waals surface area contributed by atoms with Crippen molar-refractivity contribution < 1.29 is 4.79 Å². The number of piperazine rings is 1. The Hall–Kier alpha value is -3.36. The van der Waals surface area contributed by atoms with Gasteiger partial charge in [-0.25, -0.2) is 4.98 Å². The number of benzene rings is 1. The molecule has 1 aliphatic rings. The molecule has 0 atom stereocenters. The second-order valence-corrected chi connectivity index (χ2v) is 9.36. The van der Waals surface area contributed by atoms with Gasteiger partial charge in [0.2, 0.25) is 5.91 Å². The fourth-order valence-electron chi connectivity index (χ4n) is 4.78. The molecule has 4 heterocycles. The number of nitrogens with one attached hydrogen (secondary N) is 1. The van der Waals surface area contributed by atoms with E-state index in [4.69, 9.17) is 11.6 Å². The number of hydrogen-bond donors (Lipinski definition) is 1. The molecular weight excluding hydrogens is 464 g/mol. The molecule has 4 aromatic rings. The van der Waals surface area contributed by atoms with E-state index in [2.05, 4.69) is 33.1 Å². The molecule has 0 radical (unpaired) electrons. The third kappa shape index (κ3) is 4.90. The van der Waals surface area contributed by atoms with E-state index in [1.807, 2.05) is 40.9 Å². The van der Waals surface area contributed by atoms with Gasteiger partial charge in [-0.1, -0.05) is 17.7 Å². The van der Waals surface area contributed by atoms with Crippen LogP contribution in [-0.2, 0) is 11.3 Å². The largest absolute Gasteiger partial charge is 0.369 e. The number of aromatic nitrogens is 3. The summed E-state index contributed by atoms with van der Waals surface area (Å²) in [5.41, 5.74) is 4.30. The van der Waals surface area contributed by atoms with E-state index in [1.54, 1.807) is 16.8 Å². The minimum atomic E-state index is -0.137. The van der Waals surface area contributed by atoms with Crippen LogP contribution >= 0.6 is 11.6 Å². The molecule has 182 valence electrons. The quantitative estimate of drug-likeness (QED) is 0.429. The maximum absolute atomic E-state index is 13.0. The van der Waals surface area contributed by atoms with Gasteiger partial charge in [-0.15, -0.1) is 0 Å². The van der Waals surface area contributed by atoms with Crippen molar-refractivity contribution in [3.63, 3.8) is 0 Å². The van der Waals surface area contributed by atoms with Gasteiger partial charge in [-0.2, -0.15) is 0 Å². The normalized spacial score (nSPS) is 14.6. The third-order valence-electron chi connectivity index (χ3n) is 6.69. The lowest BCUT2D eigenvalue weighted by molar-refractivity contribution is -0.121. The van der Waals surface area contributed by atoms with E-state index in [9.17, 15) is 9.59 Å². The van der Waals surface area contributed by atoms with Gasteiger partial charge in [0.25, 0.3) is 5.56 Å². The van der Waals surface area contributed by atoms with Gasteiger partial charge in [-0.3, -0.25) is 19.1 Å². The Morgan fingerprint density at radius 2 is 1.86 bits per heavy atom. The van der Waals surface area contributed by atoms with Crippen LogP contribution in [0.1, 0.15) is 12.0 Å². The fraction of sp³-hybridized carbons (Fsp3) is 0.346. The minimum Gasteiger partial charge on any atom is -0.369 e. The summed E-state index contributed by atoms with van der Waals surface area (Å²) in [6, 6.07) is 13.4. The lowest BCUT2D eigenvalue weighted by atomic mass is 10.1. The first-order chi connectivity index (χ1) is 17.0. The van der Waals surface area contributed by atoms with Crippen LogP contribution in [0, 0.1) is 6.92 Å². The molecule has 9 heteroatoms. The summed E-state index contributed by atoms with van der Waals surface area (Å²) in [6.45, 7) is 7.52. The zero-order valence-electron chi connectivity index (χ0n) is 19.8. The zero-order chi connectivity index (χ0) is 24.4. The number of carbonyl (C=O) groups excluding carboxylic acids is 1. The molecule has 1 saturated heterocycles. The molecule has 1 aromatic carbocycles. The highest BCUT2D eigenvalue weighted by Crippen LogP contribution is 2.25. The van der Waals surface area contributed by atoms with Crippen LogP contribution in [-0.4, -0.2) is 64.0 Å². The summed E-state index contributed by atoms with van der Waals surface area (Å²) in [4.78, 5) is 34.6. The Balaban J connectivity index is 1.12. The molecule has 5 rings (SSSR count). The maximum atomic E-state index is 13.0. The standard InChI is InChI=1S/C26H29ClN6O2/c1-19-6-7-20(27)18-23(19)31-16-14-30(15-17-31)13-10-28-24(34)8-12-33-25-21(4-2-9-29-25)32-11-3-5-22(32)26(33)35/h2-7,9,11,18H,8,10,12-17H2,1H3,(H,28,34). The van der Waals surface area contributed by atoms with Crippen molar-refractivity contribution >= 4 is 39.9 Å². The lowest BCUT2D eigenvalue weighted by Crippen LogP contribution is -2.48. The molecule has 1 N–H and O–H groups in total. The van der Waals surface area contributed by atoms with E-state index in [0.29, 0.717) is 17.7 Å². The van der Waals surface area contributed by atoms with Crippen molar-refractivity contribution in [2.75, 3.05) is 44.2 Å². The number of anilines is 1. The van der Waals surface area contributed by atoms with Gasteiger partial charge < -0.3 is 14.6 Å². The predicted octanol–water partition coefficient (Wildman–Crippen LogP) is 2.94. The molecule has 0 spiro atoms. The van der Waals surface area contributed by atoms with E-state index in [0.717, 1.165) is 43.3 Å². The summed E-state index contributed by atoms with van der Waals surface area (Å²) in [5.74, 6) is -0.0653. The third-order valence-corrected chi connectivity index (χ3v) is 6.93. The number of amides is 1. The highest BCUT2D eigenvalue weighted by molar-refractivity contribution is 6.30. The first kappa shape index (κ1) is 23.4. The van der Waals surface area contributed by atoms with Gasteiger partial charge in [-0.05, 0) is 48.9 Å². The number of halogens is 1. The molecule has 0 unspecified atom stereocenters. The van der Waals surface area contributed by atoms with Gasteiger partial charge in [0.05, 0.1) is 5.52 Å². The Morgan fingerprint density at radius 1 is 1.06 bits per heavy atom. The molecule has 8 nitrogen and oxygen atoms in total. The zero-order valence-corrected chi connectivity index (χ0v) is 20.5. The van der Waals surface area contributed by atoms with Crippen molar-refractivity contribution in [3.8, 4) is 0 Å². The Morgan fingerprint density at radius 3 is 2.69 bits per heavy atom. The Bertz CT molecular complexity index is 1420. The fourth-order valence-corrected chi connectivity index (χ4v) is 4.95. The van der Waals surface area contributed by atoms with Gasteiger partial charge in [0.15, 0.2) is 5.65 Å². The molecule has 0 aliphatic carbocycles. The van der Waals surface area contributed by atoms with Crippen molar-refractivity contribution in [3.05, 3.63) is 75.8 Å². The van der Waals surface area contributed by atoms with Crippen LogP contribution in [0.2, 0.25) is 5.02 Å². The number of fused-ring (bicyclic) bond motifs is 3. The van der Waals surface area contributed by atoms with Crippen LogP contribution in [0.5, 0.6) is 0 Å². The summed E-state index contributed by atoms with van der Waals surface area (Å²) in [5, 5.41) is 3.77. The molecule has 0 saturated carbocycles. The monoisotopic (exact) mass is 492 g/mol. The molecule has 1 aliphatic heterocycles. The average Bonchev–Trinajstić information content (AvgIpc) is 3.37. The number of carbonyl (C=O) groups is 1. The number of nitrogens with zero attached hydrogens (tertiary/aromatic N) is 5. The predicted molar refractivity (Wildman–Crippen MR) is 139 cm³/mol. The van der Waals surface area contributed by atoms with Crippen molar-refractivity contribution in [2.24, 2.45) is 0 Å². The van der Waals surface area contributed by atoms with Gasteiger partial charge in [0, 0.05) is 75.3 Å². The molecule has 35 heavy (non-hydrogen) atoms. The van der Waals surface area contributed by atoms with E-state index in [-0.39, 0.29) is 24.4 Å². The number of hydrogen-bond acceptors (Lipinski definition) is 5. The Labute approximate surface area is 208 Å². The number of rotatable bonds is 7. The summed E-state index contributed by atoms with van der Waals surface area (Å²) in [7, 11) is 0. The van der Waals surface area contributed by atoms with Crippen molar-refractivity contribution in [1.29, 1.82) is 0 Å². The second-order valence-electron chi connectivity index (χ2n) is 8.93. The summed E-state index contributed by atoms with van der Waals surface area (Å²) >= 11 is 6.18. The molecule has 0 bridgehead atoms. The lowest BCUT2D eigenvalue weighted by Gasteiger charge is -2.36. The van der Waals surface area contributed by atoms with Crippen LogP contribution < -0.4 is 15.8 Å². The topological polar surface area (TPSA) is 74.9 Å². The first-order valence-electron chi connectivity index (χ1n) is 12.0. The highest BCUT2D eigenvalue weighted by Gasteiger charge is 2.19. The number of pyridine rings is 1. The molecule has 1 amide bonds. The van der Waals surface area contributed by atoms with Gasteiger partial charge >= 0.3 is 0 Å². The van der Waals surface area contributed by atoms with E-state index >= 15 is 0 Å². The average molecular weight is 493 g/mol. The van der Waals surface area contributed by atoms with Crippen LogP contribution in [0.15, 0.2) is 59.7 Å². The van der Waals surface area contributed by atoms with Crippen LogP contribution in [0.3, 0.4) is 0 Å². The summed E-state index contributed by atoms with van der Waals surface area (Å²) < 4.78 is 3.44. The first-order valence-corrected chi connectivity index (χ1v) is 12.3. The second kappa shape index (κ2) is 10.1. The highest BCUT2D eigenvalue weighted by atomic mass is 35.5. The molecule has 3 aromatic heterocycles. The smallest absolute Gasteiger partial charge is 0.276 e. The maximum Gasteiger partial charge on any atom is 0.276 e. The molecule has 1 fully saturated rings. The minimum absolute atomic E-state index is 0.0653. The summed E-state index contributed by atoms with van der Waals surface area (Å²) in [6.07, 6.45) is 3.75. The van der Waals surface area contributed by atoms with Crippen LogP contribution in [0.4, 0.5) is 5.69 Å². The molecular formula is C26H29ClN6O2. The van der Waals surface area contributed by atoms with Crippen LogP contribution in [0.25, 0.3) is 16.7 Å². The van der Waals surface area contributed by atoms with E-state index in [1.165, 1.54) is 11.3 Å². The van der Waals surface area contributed by atoms with Crippen molar-refractivity contribution in [1.82, 2.24) is 24.2 Å².